The molecule has 10 rings (SSSR count). The van der Waals surface area contributed by atoms with E-state index in [0.717, 1.165) is 50.1 Å². The second-order valence-electron chi connectivity index (χ2n) is 12.5. The SMILES string of the molecule is Cc1ccccc1N(c1cc2sc3cc4ccccc4cc3c2c2ccccc12)c1cccc2c1oc1c(-c3ccccc3)cccc12. The average molecular weight is 632 g/mol. The van der Waals surface area contributed by atoms with Crippen LogP contribution in [0.2, 0.25) is 0 Å². The van der Waals surface area contributed by atoms with Gasteiger partial charge in [-0.1, -0.05) is 127 Å². The van der Waals surface area contributed by atoms with Crippen LogP contribution in [0, 0.1) is 6.92 Å². The molecule has 8 aromatic carbocycles. The van der Waals surface area contributed by atoms with Crippen molar-refractivity contribution in [3.8, 4) is 11.1 Å². The maximum absolute atomic E-state index is 6.99. The molecule has 0 fully saturated rings. The zero-order valence-corrected chi connectivity index (χ0v) is 27.1. The van der Waals surface area contributed by atoms with Crippen LogP contribution in [0.3, 0.4) is 0 Å². The van der Waals surface area contributed by atoms with Gasteiger partial charge in [0.1, 0.15) is 5.58 Å². The molecule has 48 heavy (non-hydrogen) atoms. The Balaban J connectivity index is 1.30. The number of hydrogen-bond acceptors (Lipinski definition) is 3. The Morgan fingerprint density at radius 1 is 0.458 bits per heavy atom. The van der Waals surface area contributed by atoms with Crippen LogP contribution in [-0.4, -0.2) is 0 Å². The molecule has 3 heteroatoms. The number of anilines is 3. The van der Waals surface area contributed by atoms with Crippen LogP contribution in [0.25, 0.3) is 74.8 Å². The number of aryl methyl sites for hydroxylation is 1. The highest BCUT2D eigenvalue weighted by atomic mass is 32.1. The summed E-state index contributed by atoms with van der Waals surface area (Å²) in [5, 5.41) is 9.87. The summed E-state index contributed by atoms with van der Waals surface area (Å²) in [6.07, 6.45) is 0. The van der Waals surface area contributed by atoms with Gasteiger partial charge in [0.2, 0.25) is 0 Å². The molecule has 0 bridgehead atoms. The van der Waals surface area contributed by atoms with E-state index in [4.69, 9.17) is 4.42 Å². The van der Waals surface area contributed by atoms with Gasteiger partial charge in [-0.3, -0.25) is 0 Å². The standard InChI is InChI=1S/C45H29NOS/c1-28-13-5-10-23-38(28)46(39-24-12-22-36-35-21-11-20-32(44(35)47-45(36)39)29-14-3-2-4-15-29)40-27-42-43(34-19-9-8-18-33(34)40)37-25-30-16-6-7-17-31(30)26-41(37)48-42/h2-27H,1H3. The fraction of sp³-hybridized carbons (Fsp3) is 0.0222. The van der Waals surface area contributed by atoms with Crippen molar-refractivity contribution in [2.45, 2.75) is 6.92 Å². The molecular weight excluding hydrogens is 603 g/mol. The maximum atomic E-state index is 6.99. The number of furan rings is 1. The second-order valence-corrected chi connectivity index (χ2v) is 13.6. The Morgan fingerprint density at radius 3 is 1.94 bits per heavy atom. The molecule has 10 aromatic rings. The van der Waals surface area contributed by atoms with Gasteiger partial charge in [-0.25, -0.2) is 0 Å². The molecule has 0 saturated heterocycles. The summed E-state index contributed by atoms with van der Waals surface area (Å²) in [7, 11) is 0. The molecule has 0 atom stereocenters. The van der Waals surface area contributed by atoms with Crippen molar-refractivity contribution in [3.63, 3.8) is 0 Å². The number of rotatable bonds is 4. The predicted octanol–water partition coefficient (Wildman–Crippen LogP) is 13.7. The third-order valence-corrected chi connectivity index (χ3v) is 10.8. The van der Waals surface area contributed by atoms with Gasteiger partial charge >= 0.3 is 0 Å². The van der Waals surface area contributed by atoms with Crippen molar-refractivity contribution in [1.82, 2.24) is 0 Å². The van der Waals surface area contributed by atoms with E-state index in [1.54, 1.807) is 0 Å². The Labute approximate surface area is 281 Å². The Hall–Kier alpha value is -5.90. The van der Waals surface area contributed by atoms with Crippen LogP contribution in [0.4, 0.5) is 17.1 Å². The molecule has 0 unspecified atom stereocenters. The van der Waals surface area contributed by atoms with E-state index in [9.17, 15) is 0 Å². The summed E-state index contributed by atoms with van der Waals surface area (Å²) in [4.78, 5) is 2.42. The number of fused-ring (bicyclic) bond motifs is 9. The lowest BCUT2D eigenvalue weighted by Crippen LogP contribution is -2.12. The first-order chi connectivity index (χ1) is 23.7. The van der Waals surface area contributed by atoms with Crippen molar-refractivity contribution in [2.75, 3.05) is 4.90 Å². The van der Waals surface area contributed by atoms with E-state index in [2.05, 4.69) is 170 Å². The Kier molecular flexibility index (Phi) is 5.99. The average Bonchev–Trinajstić information content (AvgIpc) is 3.70. The van der Waals surface area contributed by atoms with Crippen LogP contribution in [0.5, 0.6) is 0 Å². The zero-order chi connectivity index (χ0) is 31.8. The highest BCUT2D eigenvalue weighted by Gasteiger charge is 2.24. The molecule has 2 aromatic heterocycles. The van der Waals surface area contributed by atoms with Gasteiger partial charge in [0.25, 0.3) is 0 Å². The van der Waals surface area contributed by atoms with Gasteiger partial charge in [0.05, 0.1) is 11.4 Å². The Bertz CT molecular complexity index is 2860. The van der Waals surface area contributed by atoms with E-state index in [0.29, 0.717) is 0 Å². The molecule has 0 aliphatic carbocycles. The summed E-state index contributed by atoms with van der Waals surface area (Å²) in [6, 6.07) is 56.9. The van der Waals surface area contributed by atoms with E-state index < -0.39 is 0 Å². The summed E-state index contributed by atoms with van der Waals surface area (Å²) in [5.41, 5.74) is 8.52. The minimum atomic E-state index is 0.880. The van der Waals surface area contributed by atoms with E-state index in [1.165, 1.54) is 47.3 Å². The van der Waals surface area contributed by atoms with Crippen LogP contribution in [-0.2, 0) is 0 Å². The largest absolute Gasteiger partial charge is 0.453 e. The third kappa shape index (κ3) is 4.05. The van der Waals surface area contributed by atoms with E-state index >= 15 is 0 Å². The molecule has 0 aliphatic rings. The zero-order valence-electron chi connectivity index (χ0n) is 26.3. The lowest BCUT2D eigenvalue weighted by atomic mass is 9.99. The van der Waals surface area contributed by atoms with Crippen molar-refractivity contribution >= 4 is 92.1 Å². The van der Waals surface area contributed by atoms with E-state index in [-0.39, 0.29) is 0 Å². The van der Waals surface area contributed by atoms with Crippen molar-refractivity contribution in [3.05, 3.63) is 163 Å². The minimum absolute atomic E-state index is 0.880. The van der Waals surface area contributed by atoms with Crippen molar-refractivity contribution < 1.29 is 4.42 Å². The maximum Gasteiger partial charge on any atom is 0.159 e. The van der Waals surface area contributed by atoms with Crippen LogP contribution in [0.1, 0.15) is 5.56 Å². The molecular formula is C45H29NOS. The summed E-state index contributed by atoms with van der Waals surface area (Å²) < 4.78 is 9.57. The number of benzene rings is 8. The molecule has 0 radical (unpaired) electrons. The van der Waals surface area contributed by atoms with Crippen molar-refractivity contribution in [1.29, 1.82) is 0 Å². The molecule has 0 aliphatic heterocycles. The molecule has 0 saturated carbocycles. The van der Waals surface area contributed by atoms with Gasteiger partial charge in [-0.2, -0.15) is 0 Å². The normalized spacial score (nSPS) is 11.9. The van der Waals surface area contributed by atoms with Gasteiger partial charge in [-0.15, -0.1) is 11.3 Å². The highest BCUT2D eigenvalue weighted by Crippen LogP contribution is 2.49. The third-order valence-electron chi connectivity index (χ3n) is 9.75. The minimum Gasteiger partial charge on any atom is -0.453 e. The highest BCUT2D eigenvalue weighted by molar-refractivity contribution is 7.26. The van der Waals surface area contributed by atoms with Crippen LogP contribution >= 0.6 is 11.3 Å². The molecule has 0 spiro atoms. The second kappa shape index (κ2) is 10.6. The predicted molar refractivity (Wildman–Crippen MR) is 206 cm³/mol. The van der Waals surface area contributed by atoms with Crippen LogP contribution < -0.4 is 4.90 Å². The number of thiophene rings is 1. The van der Waals surface area contributed by atoms with Gasteiger partial charge in [0.15, 0.2) is 5.58 Å². The van der Waals surface area contributed by atoms with Crippen LogP contribution in [0.15, 0.2) is 162 Å². The topological polar surface area (TPSA) is 16.4 Å². The summed E-state index contributed by atoms with van der Waals surface area (Å²) >= 11 is 1.87. The van der Waals surface area contributed by atoms with Gasteiger partial charge in [-0.05, 0) is 64.5 Å². The first-order valence-corrected chi connectivity index (χ1v) is 17.2. The fourth-order valence-corrected chi connectivity index (χ4v) is 8.71. The van der Waals surface area contributed by atoms with Gasteiger partial charge < -0.3 is 9.32 Å². The molecule has 0 amide bonds. The smallest absolute Gasteiger partial charge is 0.159 e. The summed E-state index contributed by atoms with van der Waals surface area (Å²) in [5.74, 6) is 0. The lowest BCUT2D eigenvalue weighted by molar-refractivity contribution is 0.670. The lowest BCUT2D eigenvalue weighted by Gasteiger charge is -2.28. The molecule has 2 heterocycles. The van der Waals surface area contributed by atoms with Gasteiger partial charge in [0, 0.05) is 47.6 Å². The van der Waals surface area contributed by atoms with Crippen molar-refractivity contribution in [2.24, 2.45) is 0 Å². The first-order valence-electron chi connectivity index (χ1n) is 16.4. The number of hydrogen-bond donors (Lipinski definition) is 0. The number of nitrogens with zero attached hydrogens (tertiary/aromatic N) is 1. The Morgan fingerprint density at radius 2 is 1.10 bits per heavy atom. The first kappa shape index (κ1) is 27.2. The quantitative estimate of drug-likeness (QED) is 0.192. The number of para-hydroxylation sites is 3. The van der Waals surface area contributed by atoms with E-state index in [1.807, 2.05) is 11.3 Å². The summed E-state index contributed by atoms with van der Waals surface area (Å²) in [6.45, 7) is 2.19. The molecule has 2 nitrogen and oxygen atoms in total. The monoisotopic (exact) mass is 631 g/mol. The molecule has 0 N–H and O–H groups in total. The fourth-order valence-electron chi connectivity index (χ4n) is 7.52. The molecule has 226 valence electrons.